The van der Waals surface area contributed by atoms with Gasteiger partial charge in [0.25, 0.3) is 0 Å². The molecule has 2 aromatic carbocycles. The Hall–Kier alpha value is -3.87. The molecule has 0 saturated heterocycles. The number of carboxylic acids is 1. The van der Waals surface area contributed by atoms with E-state index in [-0.39, 0.29) is 46.1 Å². The number of carboxylic acid groups (broad SMARTS) is 1. The van der Waals surface area contributed by atoms with Crippen LogP contribution in [-0.2, 0) is 25.7 Å². The second-order valence-electron chi connectivity index (χ2n) is 6.94. The van der Waals surface area contributed by atoms with Crippen molar-refractivity contribution >= 4 is 23.1 Å². The van der Waals surface area contributed by atoms with Gasteiger partial charge in [0.15, 0.2) is 0 Å². The summed E-state index contributed by atoms with van der Waals surface area (Å²) in [6, 6.07) is 12.5. The summed E-state index contributed by atoms with van der Waals surface area (Å²) in [7, 11) is 2.52. The molecule has 0 heterocycles. The van der Waals surface area contributed by atoms with Crippen LogP contribution in [-0.4, -0.2) is 36.9 Å². The number of hydrogen-bond acceptors (Lipinski definition) is 6. The number of benzene rings is 2. The van der Waals surface area contributed by atoms with Gasteiger partial charge in [-0.05, 0) is 25.0 Å². The topological polar surface area (TPSA) is 99.1 Å². The van der Waals surface area contributed by atoms with Crippen LogP contribution in [0.1, 0.15) is 34.0 Å². The van der Waals surface area contributed by atoms with Gasteiger partial charge in [-0.15, -0.1) is 0 Å². The van der Waals surface area contributed by atoms with E-state index in [4.69, 9.17) is 14.2 Å². The molecule has 31 heavy (non-hydrogen) atoms. The van der Waals surface area contributed by atoms with Crippen molar-refractivity contribution in [1.29, 1.82) is 0 Å². The van der Waals surface area contributed by atoms with E-state index in [1.807, 2.05) is 30.3 Å². The van der Waals surface area contributed by atoms with Crippen molar-refractivity contribution in [2.75, 3.05) is 14.2 Å². The average molecular weight is 422 g/mol. The van der Waals surface area contributed by atoms with Crippen molar-refractivity contribution in [3.63, 3.8) is 0 Å². The molecule has 0 aromatic heterocycles. The highest BCUT2D eigenvalue weighted by Crippen LogP contribution is 2.38. The highest BCUT2D eigenvalue weighted by molar-refractivity contribution is 6.39. The Bertz CT molecular complexity index is 1120. The van der Waals surface area contributed by atoms with Gasteiger partial charge >= 0.3 is 5.97 Å². The molecule has 0 radical (unpaired) electrons. The lowest BCUT2D eigenvalue weighted by Gasteiger charge is -2.22. The van der Waals surface area contributed by atoms with Crippen LogP contribution in [0, 0.1) is 6.92 Å². The number of ether oxygens (including phenoxy) is 3. The van der Waals surface area contributed by atoms with Crippen molar-refractivity contribution in [2.24, 2.45) is 0 Å². The number of carbonyl (C=O) groups excluding carboxylic acids is 2. The van der Waals surface area contributed by atoms with E-state index in [9.17, 15) is 19.5 Å². The number of methoxy groups -OCH3 is 2. The minimum atomic E-state index is -1.28. The zero-order valence-corrected chi connectivity index (χ0v) is 17.6. The quantitative estimate of drug-likeness (QED) is 0.679. The molecule has 1 aliphatic carbocycles. The van der Waals surface area contributed by atoms with E-state index in [0.29, 0.717) is 5.56 Å². The lowest BCUT2D eigenvalue weighted by atomic mass is 9.85. The third-order valence-electron chi connectivity index (χ3n) is 5.03. The summed E-state index contributed by atoms with van der Waals surface area (Å²) in [5.41, 5.74) is 1.36. The Kier molecular flexibility index (Phi) is 6.25. The number of allylic oxidation sites excluding steroid dienone is 2. The number of aromatic carboxylic acids is 1. The van der Waals surface area contributed by atoms with Crippen LogP contribution < -0.4 is 4.74 Å². The van der Waals surface area contributed by atoms with Crippen LogP contribution >= 0.6 is 0 Å². The first-order valence-corrected chi connectivity index (χ1v) is 9.48. The zero-order valence-electron chi connectivity index (χ0n) is 17.6. The summed E-state index contributed by atoms with van der Waals surface area (Å²) in [4.78, 5) is 38.1. The molecule has 3 rings (SSSR count). The van der Waals surface area contributed by atoms with Crippen molar-refractivity contribution in [1.82, 2.24) is 0 Å². The highest BCUT2D eigenvalue weighted by atomic mass is 16.5. The number of rotatable bonds is 7. The van der Waals surface area contributed by atoms with Crippen LogP contribution in [0.25, 0.3) is 5.57 Å². The molecule has 7 nitrogen and oxygen atoms in total. The van der Waals surface area contributed by atoms with Crippen molar-refractivity contribution < 1.29 is 33.7 Å². The first-order valence-electron chi connectivity index (χ1n) is 9.48. The average Bonchev–Trinajstić information content (AvgIpc) is 2.76. The maximum absolute atomic E-state index is 13.1. The van der Waals surface area contributed by atoms with E-state index in [1.54, 1.807) is 13.0 Å². The number of aryl methyl sites for hydroxylation is 1. The van der Waals surface area contributed by atoms with Crippen molar-refractivity contribution in [3.8, 4) is 5.75 Å². The summed E-state index contributed by atoms with van der Waals surface area (Å²) >= 11 is 0. The second kappa shape index (κ2) is 8.87. The van der Waals surface area contributed by atoms with Gasteiger partial charge in [0, 0.05) is 16.7 Å². The van der Waals surface area contributed by atoms with Gasteiger partial charge in [-0.25, -0.2) is 4.79 Å². The molecule has 0 fully saturated rings. The maximum atomic E-state index is 13.1. The fourth-order valence-corrected chi connectivity index (χ4v) is 3.49. The Morgan fingerprint density at radius 3 is 2.10 bits per heavy atom. The number of hydrogen-bond donors (Lipinski definition) is 1. The maximum Gasteiger partial charge on any atom is 0.340 e. The Morgan fingerprint density at radius 1 is 0.903 bits per heavy atom. The predicted octanol–water partition coefficient (Wildman–Crippen LogP) is 3.70. The number of carbonyl (C=O) groups is 3. The summed E-state index contributed by atoms with van der Waals surface area (Å²) in [5, 5.41) is 9.99. The lowest BCUT2D eigenvalue weighted by Crippen LogP contribution is -2.25. The molecule has 7 heteroatoms. The first kappa shape index (κ1) is 21.8. The standard InChI is InChI=1S/C24H22O7/c1-13-10-11-16(17-14(2)19(25)22(29-3)23(30-4)20(17)26)18(24(27)28)21(13)31-12-15-8-6-5-7-9-15/h5-11H,12H2,1-4H3,(H,27,28). The van der Waals surface area contributed by atoms with Gasteiger partial charge in [-0.3, -0.25) is 9.59 Å². The van der Waals surface area contributed by atoms with Crippen LogP contribution in [0.5, 0.6) is 5.75 Å². The smallest absolute Gasteiger partial charge is 0.340 e. The van der Waals surface area contributed by atoms with E-state index in [1.165, 1.54) is 27.2 Å². The molecule has 0 unspecified atom stereocenters. The highest BCUT2D eigenvalue weighted by Gasteiger charge is 2.37. The predicted molar refractivity (Wildman–Crippen MR) is 113 cm³/mol. The third kappa shape index (κ3) is 3.94. The Labute approximate surface area is 179 Å². The van der Waals surface area contributed by atoms with Crippen molar-refractivity contribution in [2.45, 2.75) is 20.5 Å². The SMILES string of the molecule is COC1=C(OC)C(=O)C(c2ccc(C)c(OCc3ccccc3)c2C(=O)O)=C(C)C1=O. The molecule has 2 aromatic rings. The fraction of sp³-hybridized carbons (Fsp3) is 0.208. The normalized spacial score (nSPS) is 14.1. The van der Waals surface area contributed by atoms with Gasteiger partial charge in [0.2, 0.25) is 23.1 Å². The van der Waals surface area contributed by atoms with E-state index in [0.717, 1.165) is 5.56 Å². The minimum Gasteiger partial charge on any atom is -0.489 e. The van der Waals surface area contributed by atoms with Gasteiger partial charge in [-0.2, -0.15) is 0 Å². The molecule has 0 spiro atoms. The first-order chi connectivity index (χ1) is 14.8. The van der Waals surface area contributed by atoms with Gasteiger partial charge in [0.05, 0.1) is 14.2 Å². The summed E-state index contributed by atoms with van der Waals surface area (Å²) in [5.74, 6) is -2.79. The molecule has 1 aliphatic rings. The van der Waals surface area contributed by atoms with E-state index < -0.39 is 17.5 Å². The summed E-state index contributed by atoms with van der Waals surface area (Å²) in [6.45, 7) is 3.32. The molecular formula is C24H22O7. The molecule has 0 amide bonds. The van der Waals surface area contributed by atoms with Crippen LogP contribution in [0.3, 0.4) is 0 Å². The molecule has 0 aliphatic heterocycles. The van der Waals surface area contributed by atoms with Crippen LogP contribution in [0.2, 0.25) is 0 Å². The number of ketones is 2. The minimum absolute atomic E-state index is 0.0513. The van der Waals surface area contributed by atoms with Gasteiger partial charge in [0.1, 0.15) is 17.9 Å². The van der Waals surface area contributed by atoms with E-state index in [2.05, 4.69) is 0 Å². The fourth-order valence-electron chi connectivity index (χ4n) is 3.49. The molecule has 1 N–H and O–H groups in total. The summed E-state index contributed by atoms with van der Waals surface area (Å²) < 4.78 is 16.0. The molecular weight excluding hydrogens is 400 g/mol. The largest absolute Gasteiger partial charge is 0.489 e. The van der Waals surface area contributed by atoms with Gasteiger partial charge in [-0.1, -0.05) is 42.5 Å². The van der Waals surface area contributed by atoms with Crippen molar-refractivity contribution in [3.05, 3.63) is 81.8 Å². The van der Waals surface area contributed by atoms with Crippen LogP contribution in [0.15, 0.2) is 59.6 Å². The monoisotopic (exact) mass is 422 g/mol. The second-order valence-corrected chi connectivity index (χ2v) is 6.94. The molecule has 0 atom stereocenters. The molecule has 160 valence electrons. The van der Waals surface area contributed by atoms with E-state index >= 15 is 0 Å². The third-order valence-corrected chi connectivity index (χ3v) is 5.03. The molecule has 0 saturated carbocycles. The zero-order chi connectivity index (χ0) is 22.7. The molecule has 0 bridgehead atoms. The summed E-state index contributed by atoms with van der Waals surface area (Å²) in [6.07, 6.45) is 0. The van der Waals surface area contributed by atoms with Crippen LogP contribution in [0.4, 0.5) is 0 Å². The van der Waals surface area contributed by atoms with Gasteiger partial charge < -0.3 is 19.3 Å². The lowest BCUT2D eigenvalue weighted by molar-refractivity contribution is -0.119. The number of Topliss-reactive ketones (excluding diaryl/α,β-unsaturated/α-hetero) is 2. The Morgan fingerprint density at radius 2 is 1.52 bits per heavy atom. The Balaban J connectivity index is 2.16.